The number of ketones is 1. The first kappa shape index (κ1) is 22.7. The summed E-state index contributed by atoms with van der Waals surface area (Å²) in [5.74, 6) is -0.247. The molecule has 0 aromatic carbocycles. The second kappa shape index (κ2) is 8.58. The zero-order chi connectivity index (χ0) is 20.3. The largest absolute Gasteiger partial charge is 0.444 e. The lowest BCUT2D eigenvalue weighted by Gasteiger charge is -2.44. The van der Waals surface area contributed by atoms with Gasteiger partial charge in [-0.1, -0.05) is 0 Å². The average Bonchev–Trinajstić information content (AvgIpc) is 2.73. The maximum absolute atomic E-state index is 12.2. The number of amides is 2. The lowest BCUT2D eigenvalue weighted by Crippen LogP contribution is -2.70. The number of β-lactam (4-membered cyclic amide) rings is 1. The van der Waals surface area contributed by atoms with E-state index in [2.05, 4.69) is 5.32 Å². The molecule has 0 bridgehead atoms. The van der Waals surface area contributed by atoms with Gasteiger partial charge in [0.05, 0.1) is 0 Å². The van der Waals surface area contributed by atoms with Crippen LogP contribution >= 0.6 is 11.8 Å². The number of nitrogens with zero attached hydrogens (tertiary/aromatic N) is 1. The van der Waals surface area contributed by atoms with Gasteiger partial charge in [0.25, 0.3) is 0 Å². The Balaban J connectivity index is 0.000000597. The van der Waals surface area contributed by atoms with E-state index in [1.807, 2.05) is 13.8 Å². The summed E-state index contributed by atoms with van der Waals surface area (Å²) < 4.78 is 4.82. The van der Waals surface area contributed by atoms with E-state index in [0.717, 1.165) is 19.5 Å². The predicted molar refractivity (Wildman–Crippen MR) is 103 cm³/mol. The van der Waals surface area contributed by atoms with E-state index in [-0.39, 0.29) is 21.8 Å². The molecule has 150 valence electrons. The van der Waals surface area contributed by atoms with Crippen LogP contribution in [0.25, 0.3) is 0 Å². The number of nitrogens with one attached hydrogen (secondary N) is 1. The molecule has 2 aliphatic heterocycles. The van der Waals surface area contributed by atoms with Gasteiger partial charge in [0.1, 0.15) is 23.1 Å². The molecule has 26 heavy (non-hydrogen) atoms. The highest BCUT2D eigenvalue weighted by Crippen LogP contribution is 2.50. The lowest BCUT2D eigenvalue weighted by atomic mass is 9.93. The number of ether oxygens (including phenoxy) is 1. The van der Waals surface area contributed by atoms with Crippen molar-refractivity contribution in [2.24, 2.45) is 11.5 Å². The highest BCUT2D eigenvalue weighted by Gasteiger charge is 2.63. The number of nitrogens with two attached hydrogens (primary N) is 2. The Morgan fingerprint density at radius 1 is 1.27 bits per heavy atom. The van der Waals surface area contributed by atoms with Crippen LogP contribution in [0, 0.1) is 0 Å². The minimum Gasteiger partial charge on any atom is -0.444 e. The van der Waals surface area contributed by atoms with Crippen molar-refractivity contribution >= 4 is 29.5 Å². The van der Waals surface area contributed by atoms with Gasteiger partial charge in [-0.3, -0.25) is 9.59 Å². The smallest absolute Gasteiger partial charge is 0.408 e. The van der Waals surface area contributed by atoms with Gasteiger partial charge in [-0.25, -0.2) is 4.79 Å². The molecule has 2 rings (SSSR count). The summed E-state index contributed by atoms with van der Waals surface area (Å²) in [4.78, 5) is 37.4. The van der Waals surface area contributed by atoms with Gasteiger partial charge in [0.15, 0.2) is 5.78 Å². The molecule has 2 aliphatic rings. The number of hydrogen-bond donors (Lipinski definition) is 3. The van der Waals surface area contributed by atoms with Crippen molar-refractivity contribution in [2.45, 2.75) is 75.8 Å². The van der Waals surface area contributed by atoms with E-state index in [1.54, 1.807) is 25.7 Å². The molecule has 2 heterocycles. The molecule has 3 atom stereocenters. The van der Waals surface area contributed by atoms with Crippen LogP contribution in [0.4, 0.5) is 4.79 Å². The standard InChI is InChI=1S/C14H22N2O4S.C3H10N2/c1-7(17)9-14(5,6)21-11-8(10(18)16(9)11)15-12(19)20-13(2,3)4;4-2-1-3-5/h8-9,11H,1-6H3,(H,15,19);1-5H2/t8?,9-,11?;/m0./s1. The quantitative estimate of drug-likeness (QED) is 0.608. The van der Waals surface area contributed by atoms with E-state index < -0.39 is 23.8 Å². The first-order chi connectivity index (χ1) is 11.9. The fourth-order valence-corrected chi connectivity index (χ4v) is 4.66. The summed E-state index contributed by atoms with van der Waals surface area (Å²) in [6.07, 6.45) is 0.338. The third kappa shape index (κ3) is 5.34. The molecule has 0 aromatic rings. The molecule has 2 saturated heterocycles. The number of alkyl carbamates (subject to hydrolysis) is 1. The van der Waals surface area contributed by atoms with Crippen LogP contribution in [0.3, 0.4) is 0 Å². The fraction of sp³-hybridized carbons (Fsp3) is 0.824. The minimum absolute atomic E-state index is 0.0286. The SMILES string of the molecule is CC(=O)[C@@H]1N2C(=O)C(NC(=O)OC(C)(C)C)C2SC1(C)C.NCCCN. The number of carbonyl (C=O) groups is 3. The molecule has 2 amide bonds. The third-order valence-electron chi connectivity index (χ3n) is 3.91. The Hall–Kier alpha value is -1.32. The number of rotatable bonds is 4. The number of thioether (sulfide) groups is 1. The molecule has 5 N–H and O–H groups in total. The van der Waals surface area contributed by atoms with Crippen molar-refractivity contribution in [2.75, 3.05) is 13.1 Å². The third-order valence-corrected chi connectivity index (χ3v) is 5.48. The molecule has 0 radical (unpaired) electrons. The van der Waals surface area contributed by atoms with Gasteiger partial charge >= 0.3 is 6.09 Å². The number of fused-ring (bicyclic) bond motifs is 1. The van der Waals surface area contributed by atoms with Crippen LogP contribution < -0.4 is 16.8 Å². The van der Waals surface area contributed by atoms with Crippen LogP contribution in [-0.4, -0.2) is 63.6 Å². The van der Waals surface area contributed by atoms with Gasteiger partial charge < -0.3 is 26.4 Å². The lowest BCUT2D eigenvalue weighted by molar-refractivity contribution is -0.152. The Morgan fingerprint density at radius 2 is 1.81 bits per heavy atom. The molecular formula is C17H32N4O4S. The second-order valence-corrected chi connectivity index (χ2v) is 9.70. The highest BCUT2D eigenvalue weighted by atomic mass is 32.2. The Labute approximate surface area is 159 Å². The van der Waals surface area contributed by atoms with Crippen LogP contribution in [0.2, 0.25) is 0 Å². The Bertz CT molecular complexity index is 545. The number of Topliss-reactive ketones (excluding diaryl/α,β-unsaturated/α-hetero) is 1. The maximum Gasteiger partial charge on any atom is 0.408 e. The normalized spacial score (nSPS) is 26.2. The molecule has 0 spiro atoms. The van der Waals surface area contributed by atoms with E-state index in [4.69, 9.17) is 16.2 Å². The van der Waals surface area contributed by atoms with Crippen LogP contribution in [0.1, 0.15) is 48.0 Å². The first-order valence-electron chi connectivity index (χ1n) is 8.75. The molecule has 8 nitrogen and oxygen atoms in total. The summed E-state index contributed by atoms with van der Waals surface area (Å²) in [6.45, 7) is 12.1. The van der Waals surface area contributed by atoms with Gasteiger partial charge in [-0.2, -0.15) is 0 Å². The predicted octanol–water partition coefficient (Wildman–Crippen LogP) is 0.825. The van der Waals surface area contributed by atoms with Crippen molar-refractivity contribution in [3.63, 3.8) is 0 Å². The Kier molecular flexibility index (Phi) is 7.50. The Morgan fingerprint density at radius 3 is 2.19 bits per heavy atom. The van der Waals surface area contributed by atoms with Gasteiger partial charge in [0.2, 0.25) is 5.91 Å². The topological polar surface area (TPSA) is 128 Å². The summed E-state index contributed by atoms with van der Waals surface area (Å²) in [6, 6.07) is -1.05. The molecule has 0 aliphatic carbocycles. The maximum atomic E-state index is 12.2. The van der Waals surface area contributed by atoms with Crippen molar-refractivity contribution < 1.29 is 19.1 Å². The zero-order valence-electron chi connectivity index (χ0n) is 16.5. The average molecular weight is 389 g/mol. The fourth-order valence-electron chi connectivity index (χ4n) is 2.97. The molecule has 0 aromatic heterocycles. The van der Waals surface area contributed by atoms with E-state index in [0.29, 0.717) is 0 Å². The number of carbonyl (C=O) groups excluding carboxylic acids is 3. The van der Waals surface area contributed by atoms with Crippen molar-refractivity contribution in [1.29, 1.82) is 0 Å². The van der Waals surface area contributed by atoms with Crippen LogP contribution in [-0.2, 0) is 14.3 Å². The van der Waals surface area contributed by atoms with Crippen molar-refractivity contribution in [3.05, 3.63) is 0 Å². The van der Waals surface area contributed by atoms with Crippen LogP contribution in [0.15, 0.2) is 0 Å². The monoisotopic (exact) mass is 388 g/mol. The van der Waals surface area contributed by atoms with Crippen LogP contribution in [0.5, 0.6) is 0 Å². The van der Waals surface area contributed by atoms with Gasteiger partial charge in [0, 0.05) is 4.75 Å². The summed E-state index contributed by atoms with van der Waals surface area (Å²) in [7, 11) is 0. The number of hydrogen-bond acceptors (Lipinski definition) is 7. The van der Waals surface area contributed by atoms with E-state index >= 15 is 0 Å². The molecule has 0 saturated carbocycles. The molecule has 2 unspecified atom stereocenters. The second-order valence-electron chi connectivity index (χ2n) is 7.93. The summed E-state index contributed by atoms with van der Waals surface area (Å²) in [5.41, 5.74) is 9.51. The zero-order valence-corrected chi connectivity index (χ0v) is 17.3. The summed E-state index contributed by atoms with van der Waals surface area (Å²) >= 11 is 1.54. The van der Waals surface area contributed by atoms with Crippen molar-refractivity contribution in [1.82, 2.24) is 10.2 Å². The van der Waals surface area contributed by atoms with E-state index in [1.165, 1.54) is 18.7 Å². The van der Waals surface area contributed by atoms with Gasteiger partial charge in [-0.15, -0.1) is 11.8 Å². The van der Waals surface area contributed by atoms with Crippen molar-refractivity contribution in [3.8, 4) is 0 Å². The minimum atomic E-state index is -0.617. The summed E-state index contributed by atoms with van der Waals surface area (Å²) in [5, 5.41) is 2.41. The molecular weight excluding hydrogens is 356 g/mol. The van der Waals surface area contributed by atoms with E-state index in [9.17, 15) is 14.4 Å². The van der Waals surface area contributed by atoms with Gasteiger partial charge in [-0.05, 0) is 61.1 Å². The first-order valence-corrected chi connectivity index (χ1v) is 9.63. The molecule has 9 heteroatoms. The highest BCUT2D eigenvalue weighted by molar-refractivity contribution is 8.01. The molecule has 2 fully saturated rings.